The SMILES string of the molecule is CN(C[C@@H]1CC(=O)N(C(C)(C)C)C1)c1nccc(N2CCC(O)CC2)n1. The fraction of sp³-hybridized carbons (Fsp3) is 0.737. The van der Waals surface area contributed by atoms with Crippen LogP contribution in [0.4, 0.5) is 11.8 Å². The molecule has 0 spiro atoms. The van der Waals surface area contributed by atoms with Crippen LogP contribution >= 0.6 is 0 Å². The summed E-state index contributed by atoms with van der Waals surface area (Å²) >= 11 is 0. The molecule has 0 bridgehead atoms. The molecule has 144 valence electrons. The molecule has 1 amide bonds. The van der Waals surface area contributed by atoms with E-state index in [-0.39, 0.29) is 17.6 Å². The van der Waals surface area contributed by atoms with Crippen molar-refractivity contribution in [2.75, 3.05) is 43.0 Å². The van der Waals surface area contributed by atoms with Gasteiger partial charge in [0, 0.05) is 57.3 Å². The van der Waals surface area contributed by atoms with E-state index in [0.717, 1.165) is 44.8 Å². The third kappa shape index (κ3) is 4.26. The van der Waals surface area contributed by atoms with Crippen molar-refractivity contribution in [3.05, 3.63) is 12.3 Å². The van der Waals surface area contributed by atoms with Crippen molar-refractivity contribution in [3.8, 4) is 0 Å². The average molecular weight is 361 g/mol. The molecule has 1 atom stereocenters. The van der Waals surface area contributed by atoms with E-state index in [4.69, 9.17) is 4.98 Å². The number of anilines is 2. The zero-order chi connectivity index (χ0) is 18.9. The number of amides is 1. The summed E-state index contributed by atoms with van der Waals surface area (Å²) in [7, 11) is 1.99. The molecule has 1 aromatic heterocycles. The second kappa shape index (κ2) is 7.39. The second-order valence-corrected chi connectivity index (χ2v) is 8.56. The largest absolute Gasteiger partial charge is 0.393 e. The first-order chi connectivity index (χ1) is 12.2. The van der Waals surface area contributed by atoms with Gasteiger partial charge >= 0.3 is 0 Å². The maximum absolute atomic E-state index is 12.3. The van der Waals surface area contributed by atoms with E-state index < -0.39 is 0 Å². The summed E-state index contributed by atoms with van der Waals surface area (Å²) in [5, 5.41) is 9.68. The number of rotatable bonds is 4. The maximum atomic E-state index is 12.3. The predicted molar refractivity (Wildman–Crippen MR) is 102 cm³/mol. The Balaban J connectivity index is 1.63. The van der Waals surface area contributed by atoms with E-state index in [1.165, 1.54) is 0 Å². The highest BCUT2D eigenvalue weighted by Gasteiger charge is 2.36. The quantitative estimate of drug-likeness (QED) is 0.877. The van der Waals surface area contributed by atoms with Crippen molar-refractivity contribution < 1.29 is 9.90 Å². The molecule has 0 aromatic carbocycles. The van der Waals surface area contributed by atoms with Gasteiger partial charge in [-0.2, -0.15) is 4.98 Å². The van der Waals surface area contributed by atoms with E-state index in [2.05, 4.69) is 30.7 Å². The zero-order valence-electron chi connectivity index (χ0n) is 16.4. The van der Waals surface area contributed by atoms with Gasteiger partial charge in [0.05, 0.1) is 6.10 Å². The van der Waals surface area contributed by atoms with Gasteiger partial charge in [-0.25, -0.2) is 4.98 Å². The van der Waals surface area contributed by atoms with Crippen LogP contribution in [-0.4, -0.2) is 70.8 Å². The number of nitrogens with zero attached hydrogens (tertiary/aromatic N) is 5. The van der Waals surface area contributed by atoms with Crippen LogP contribution in [0, 0.1) is 5.92 Å². The number of likely N-dealkylation sites (tertiary alicyclic amines) is 1. The molecule has 3 heterocycles. The minimum atomic E-state index is -0.194. The molecular formula is C19H31N5O2. The Hall–Kier alpha value is -1.89. The lowest BCUT2D eigenvalue weighted by Gasteiger charge is -2.32. The summed E-state index contributed by atoms with van der Waals surface area (Å²) in [5.41, 5.74) is -0.125. The van der Waals surface area contributed by atoms with E-state index in [0.29, 0.717) is 18.3 Å². The molecule has 0 unspecified atom stereocenters. The highest BCUT2D eigenvalue weighted by atomic mass is 16.3. The Morgan fingerprint density at radius 2 is 2.00 bits per heavy atom. The van der Waals surface area contributed by atoms with E-state index >= 15 is 0 Å². The summed E-state index contributed by atoms with van der Waals surface area (Å²) in [4.78, 5) is 27.6. The Kier molecular flexibility index (Phi) is 5.37. The average Bonchev–Trinajstić information content (AvgIpc) is 2.96. The van der Waals surface area contributed by atoms with Gasteiger partial charge in [-0.05, 0) is 39.7 Å². The molecule has 0 aliphatic carbocycles. The monoisotopic (exact) mass is 361 g/mol. The molecule has 7 heteroatoms. The van der Waals surface area contributed by atoms with Crippen LogP contribution in [0.25, 0.3) is 0 Å². The van der Waals surface area contributed by atoms with Gasteiger partial charge in [0.2, 0.25) is 11.9 Å². The van der Waals surface area contributed by atoms with Crippen LogP contribution < -0.4 is 9.80 Å². The minimum absolute atomic E-state index is 0.125. The fourth-order valence-electron chi connectivity index (χ4n) is 3.82. The summed E-state index contributed by atoms with van der Waals surface area (Å²) in [5.74, 6) is 2.13. The van der Waals surface area contributed by atoms with Crippen molar-refractivity contribution in [2.24, 2.45) is 5.92 Å². The second-order valence-electron chi connectivity index (χ2n) is 8.56. The van der Waals surface area contributed by atoms with Gasteiger partial charge in [-0.1, -0.05) is 0 Å². The number of aromatic nitrogens is 2. The Bertz CT molecular complexity index is 637. The molecule has 1 aromatic rings. The molecule has 0 radical (unpaired) electrons. The number of aliphatic hydroxyl groups excluding tert-OH is 1. The Morgan fingerprint density at radius 1 is 1.31 bits per heavy atom. The topological polar surface area (TPSA) is 72.8 Å². The van der Waals surface area contributed by atoms with Gasteiger partial charge in [0.15, 0.2) is 0 Å². The first-order valence-corrected chi connectivity index (χ1v) is 9.51. The smallest absolute Gasteiger partial charge is 0.227 e. The standard InChI is InChI=1S/C19H31N5O2/c1-19(2,3)24-13-14(11-17(24)26)12-22(4)18-20-8-5-16(21-18)23-9-6-15(25)7-10-23/h5,8,14-15,25H,6-7,9-13H2,1-4H3/t14-/m0/s1. The normalized spacial score (nSPS) is 22.2. The first-order valence-electron chi connectivity index (χ1n) is 9.51. The van der Waals surface area contributed by atoms with Gasteiger partial charge in [0.1, 0.15) is 5.82 Å². The van der Waals surface area contributed by atoms with Crippen LogP contribution in [0.3, 0.4) is 0 Å². The number of piperidine rings is 1. The number of carbonyl (C=O) groups excluding carboxylic acids is 1. The van der Waals surface area contributed by atoms with Crippen LogP contribution in [0.15, 0.2) is 12.3 Å². The van der Waals surface area contributed by atoms with E-state index in [1.807, 2.05) is 22.9 Å². The molecule has 3 rings (SSSR count). The summed E-state index contributed by atoms with van der Waals surface area (Å²) in [6, 6.07) is 1.93. The zero-order valence-corrected chi connectivity index (χ0v) is 16.4. The van der Waals surface area contributed by atoms with Crippen molar-refractivity contribution >= 4 is 17.7 Å². The van der Waals surface area contributed by atoms with Crippen LogP contribution in [0.2, 0.25) is 0 Å². The Morgan fingerprint density at radius 3 is 2.62 bits per heavy atom. The van der Waals surface area contributed by atoms with Crippen LogP contribution in [0.1, 0.15) is 40.0 Å². The number of carbonyl (C=O) groups is 1. The number of aliphatic hydroxyl groups is 1. The highest BCUT2D eigenvalue weighted by Crippen LogP contribution is 2.27. The minimum Gasteiger partial charge on any atom is -0.393 e. The first kappa shape index (κ1) is 18.9. The fourth-order valence-corrected chi connectivity index (χ4v) is 3.82. The number of hydrogen-bond acceptors (Lipinski definition) is 6. The third-order valence-corrected chi connectivity index (χ3v) is 5.30. The van der Waals surface area contributed by atoms with Crippen molar-refractivity contribution in [1.29, 1.82) is 0 Å². The van der Waals surface area contributed by atoms with E-state index in [1.54, 1.807) is 6.20 Å². The van der Waals surface area contributed by atoms with Gasteiger partial charge < -0.3 is 19.8 Å². The van der Waals surface area contributed by atoms with Crippen LogP contribution in [-0.2, 0) is 4.79 Å². The summed E-state index contributed by atoms with van der Waals surface area (Å²) in [6.07, 6.45) is 3.75. The lowest BCUT2D eigenvalue weighted by atomic mass is 10.1. The van der Waals surface area contributed by atoms with Gasteiger partial charge in [0.25, 0.3) is 0 Å². The highest BCUT2D eigenvalue weighted by molar-refractivity contribution is 5.79. The molecule has 2 fully saturated rings. The maximum Gasteiger partial charge on any atom is 0.227 e. The lowest BCUT2D eigenvalue weighted by molar-refractivity contribution is -0.131. The molecule has 0 saturated carbocycles. The Labute approximate surface area is 156 Å². The molecular weight excluding hydrogens is 330 g/mol. The van der Waals surface area contributed by atoms with Crippen molar-refractivity contribution in [2.45, 2.75) is 51.7 Å². The van der Waals surface area contributed by atoms with Crippen molar-refractivity contribution in [1.82, 2.24) is 14.9 Å². The molecule has 26 heavy (non-hydrogen) atoms. The van der Waals surface area contributed by atoms with Crippen LogP contribution in [0.5, 0.6) is 0 Å². The van der Waals surface area contributed by atoms with E-state index in [9.17, 15) is 9.90 Å². The third-order valence-electron chi connectivity index (χ3n) is 5.30. The summed E-state index contributed by atoms with van der Waals surface area (Å²) < 4.78 is 0. The summed E-state index contributed by atoms with van der Waals surface area (Å²) in [6.45, 7) is 9.44. The molecule has 7 nitrogen and oxygen atoms in total. The van der Waals surface area contributed by atoms with Gasteiger partial charge in [-0.3, -0.25) is 4.79 Å². The van der Waals surface area contributed by atoms with Crippen molar-refractivity contribution in [3.63, 3.8) is 0 Å². The molecule has 1 N–H and O–H groups in total. The predicted octanol–water partition coefficient (Wildman–Crippen LogP) is 1.52. The number of hydrogen-bond donors (Lipinski definition) is 1. The molecule has 2 aliphatic rings. The lowest BCUT2D eigenvalue weighted by Crippen LogP contribution is -2.42. The molecule has 2 aliphatic heterocycles. The molecule has 2 saturated heterocycles. The van der Waals surface area contributed by atoms with Gasteiger partial charge in [-0.15, -0.1) is 0 Å².